The summed E-state index contributed by atoms with van der Waals surface area (Å²) in [5.74, 6) is -0.204. The second-order valence-corrected chi connectivity index (χ2v) is 8.26. The van der Waals surface area contributed by atoms with E-state index in [9.17, 15) is 4.79 Å². The molecule has 1 aliphatic carbocycles. The van der Waals surface area contributed by atoms with Crippen molar-refractivity contribution in [1.29, 1.82) is 0 Å². The number of esters is 1. The summed E-state index contributed by atoms with van der Waals surface area (Å²) in [7, 11) is 2.13. The standard InChI is InChI=1S/C18H27N3O2S2/c1-3-12-23-17(22)15-13-6-4-5-7-14(13)25-16(15)19-18(24)21-10-8-20(2)9-11-21/h3-12H2,1-2H3,(H,19,24). The molecule has 5 nitrogen and oxygen atoms in total. The van der Waals surface area contributed by atoms with Gasteiger partial charge in [0.1, 0.15) is 5.00 Å². The van der Waals surface area contributed by atoms with Crippen LogP contribution in [0.4, 0.5) is 5.00 Å². The van der Waals surface area contributed by atoms with Crippen molar-refractivity contribution in [2.45, 2.75) is 39.0 Å². The number of likely N-dealkylation sites (N-methyl/N-ethyl adjacent to an activating group) is 1. The average molecular weight is 382 g/mol. The highest BCUT2D eigenvalue weighted by molar-refractivity contribution is 7.80. The van der Waals surface area contributed by atoms with E-state index in [1.165, 1.54) is 16.9 Å². The van der Waals surface area contributed by atoms with Crippen molar-refractivity contribution in [1.82, 2.24) is 9.80 Å². The SMILES string of the molecule is CCCOC(=O)c1c(NC(=S)N2CCN(C)CC2)sc2c1CCCC2. The first-order chi connectivity index (χ1) is 12.1. The Morgan fingerprint density at radius 3 is 2.68 bits per heavy atom. The summed E-state index contributed by atoms with van der Waals surface area (Å²) in [4.78, 5) is 18.4. The van der Waals surface area contributed by atoms with Crippen molar-refractivity contribution in [3.8, 4) is 0 Å². The van der Waals surface area contributed by atoms with Crippen LogP contribution in [-0.4, -0.2) is 60.7 Å². The first kappa shape index (κ1) is 18.6. The minimum Gasteiger partial charge on any atom is -0.462 e. The number of hydrogen-bond donors (Lipinski definition) is 1. The van der Waals surface area contributed by atoms with Gasteiger partial charge in [0.15, 0.2) is 5.11 Å². The molecular weight excluding hydrogens is 354 g/mol. The zero-order chi connectivity index (χ0) is 17.8. The second kappa shape index (κ2) is 8.47. The van der Waals surface area contributed by atoms with Gasteiger partial charge in [0.05, 0.1) is 12.2 Å². The highest BCUT2D eigenvalue weighted by atomic mass is 32.1. The number of thiophene rings is 1. The van der Waals surface area contributed by atoms with Crippen LogP contribution in [0, 0.1) is 0 Å². The van der Waals surface area contributed by atoms with Crippen molar-refractivity contribution in [2.75, 3.05) is 45.2 Å². The van der Waals surface area contributed by atoms with E-state index in [0.29, 0.717) is 6.61 Å². The van der Waals surface area contributed by atoms with Crippen molar-refractivity contribution >= 4 is 39.6 Å². The third-order valence-corrected chi connectivity index (χ3v) is 6.39. The number of nitrogens with one attached hydrogen (secondary N) is 1. The van der Waals surface area contributed by atoms with Crippen LogP contribution in [0.3, 0.4) is 0 Å². The smallest absolute Gasteiger partial charge is 0.341 e. The Kier molecular flexibility index (Phi) is 6.30. The van der Waals surface area contributed by atoms with E-state index >= 15 is 0 Å². The average Bonchev–Trinajstić information content (AvgIpc) is 2.98. The summed E-state index contributed by atoms with van der Waals surface area (Å²) in [6, 6.07) is 0. The molecule has 3 rings (SSSR count). The molecule has 0 amide bonds. The van der Waals surface area contributed by atoms with Gasteiger partial charge in [-0.05, 0) is 56.9 Å². The summed E-state index contributed by atoms with van der Waals surface area (Å²) in [5.41, 5.74) is 1.91. The number of aryl methyl sites for hydroxylation is 1. The van der Waals surface area contributed by atoms with Gasteiger partial charge < -0.3 is 19.9 Å². The second-order valence-electron chi connectivity index (χ2n) is 6.77. The van der Waals surface area contributed by atoms with Gasteiger partial charge in [0.2, 0.25) is 0 Å². The highest BCUT2D eigenvalue weighted by Crippen LogP contribution is 2.38. The maximum atomic E-state index is 12.6. The van der Waals surface area contributed by atoms with Crippen LogP contribution in [-0.2, 0) is 17.6 Å². The Hall–Kier alpha value is -1.18. The summed E-state index contributed by atoms with van der Waals surface area (Å²) >= 11 is 7.30. The van der Waals surface area contributed by atoms with Crippen LogP contribution in [0.5, 0.6) is 0 Å². The number of fused-ring (bicyclic) bond motifs is 1. The topological polar surface area (TPSA) is 44.8 Å². The minimum atomic E-state index is -0.204. The molecule has 0 saturated carbocycles. The zero-order valence-electron chi connectivity index (χ0n) is 15.1. The zero-order valence-corrected chi connectivity index (χ0v) is 16.7. The molecule has 0 radical (unpaired) electrons. The predicted molar refractivity (Wildman–Crippen MR) is 107 cm³/mol. The van der Waals surface area contributed by atoms with Gasteiger partial charge in [-0.1, -0.05) is 6.92 Å². The third kappa shape index (κ3) is 4.33. The fourth-order valence-corrected chi connectivity index (χ4v) is 4.95. The Bertz CT molecular complexity index is 637. The van der Waals surface area contributed by atoms with E-state index in [4.69, 9.17) is 17.0 Å². The quantitative estimate of drug-likeness (QED) is 0.639. The Morgan fingerprint density at radius 1 is 1.24 bits per heavy atom. The number of hydrogen-bond acceptors (Lipinski definition) is 5. The number of rotatable bonds is 4. The Labute approximate surface area is 159 Å². The summed E-state index contributed by atoms with van der Waals surface area (Å²) in [6.45, 7) is 6.33. The van der Waals surface area contributed by atoms with Crippen LogP contribution >= 0.6 is 23.6 Å². The molecule has 25 heavy (non-hydrogen) atoms. The number of carbonyl (C=O) groups is 1. The molecule has 0 spiro atoms. The van der Waals surface area contributed by atoms with Gasteiger partial charge >= 0.3 is 5.97 Å². The summed E-state index contributed by atoms with van der Waals surface area (Å²) < 4.78 is 5.45. The lowest BCUT2D eigenvalue weighted by Gasteiger charge is -2.34. The van der Waals surface area contributed by atoms with Crippen molar-refractivity contribution in [3.63, 3.8) is 0 Å². The minimum absolute atomic E-state index is 0.204. The van der Waals surface area contributed by atoms with E-state index in [1.807, 2.05) is 6.92 Å². The van der Waals surface area contributed by atoms with Crippen LogP contribution in [0.1, 0.15) is 47.0 Å². The van der Waals surface area contributed by atoms with Crippen molar-refractivity contribution in [2.24, 2.45) is 0 Å². The monoisotopic (exact) mass is 381 g/mol. The molecule has 1 aromatic heterocycles. The first-order valence-corrected chi connectivity index (χ1v) is 10.4. The number of anilines is 1. The number of carbonyl (C=O) groups excluding carboxylic acids is 1. The van der Waals surface area contributed by atoms with Crippen molar-refractivity contribution in [3.05, 3.63) is 16.0 Å². The van der Waals surface area contributed by atoms with Gasteiger partial charge in [-0.15, -0.1) is 11.3 Å². The molecule has 0 aromatic carbocycles. The molecule has 1 fully saturated rings. The number of ether oxygens (including phenoxy) is 1. The van der Waals surface area contributed by atoms with E-state index < -0.39 is 0 Å². The predicted octanol–water partition coefficient (Wildman–Crippen LogP) is 3.14. The van der Waals surface area contributed by atoms with Gasteiger partial charge in [-0.25, -0.2) is 4.79 Å². The molecule has 138 valence electrons. The number of piperazine rings is 1. The molecule has 1 saturated heterocycles. The van der Waals surface area contributed by atoms with Crippen LogP contribution < -0.4 is 5.32 Å². The number of thiocarbonyl (C=S) groups is 1. The molecule has 2 aliphatic rings. The first-order valence-electron chi connectivity index (χ1n) is 9.16. The highest BCUT2D eigenvalue weighted by Gasteiger charge is 2.27. The van der Waals surface area contributed by atoms with Gasteiger partial charge in [-0.3, -0.25) is 0 Å². The lowest BCUT2D eigenvalue weighted by atomic mass is 9.95. The largest absolute Gasteiger partial charge is 0.462 e. The maximum absolute atomic E-state index is 12.6. The fraction of sp³-hybridized carbons (Fsp3) is 0.667. The summed E-state index contributed by atoms with van der Waals surface area (Å²) in [6.07, 6.45) is 5.18. The van der Waals surface area contributed by atoms with E-state index in [0.717, 1.165) is 67.5 Å². The molecule has 1 aliphatic heterocycles. The molecule has 1 N–H and O–H groups in total. The molecule has 0 unspecified atom stereocenters. The van der Waals surface area contributed by atoms with Crippen LogP contribution in [0.2, 0.25) is 0 Å². The lowest BCUT2D eigenvalue weighted by Crippen LogP contribution is -2.48. The fourth-order valence-electron chi connectivity index (χ4n) is 3.32. The molecule has 7 heteroatoms. The van der Waals surface area contributed by atoms with E-state index in [2.05, 4.69) is 22.2 Å². The van der Waals surface area contributed by atoms with E-state index in [1.54, 1.807) is 11.3 Å². The van der Waals surface area contributed by atoms with E-state index in [-0.39, 0.29) is 5.97 Å². The molecule has 0 atom stereocenters. The molecular formula is C18H27N3O2S2. The normalized spacial score (nSPS) is 17.9. The van der Waals surface area contributed by atoms with Crippen LogP contribution in [0.25, 0.3) is 0 Å². The van der Waals surface area contributed by atoms with Crippen LogP contribution in [0.15, 0.2) is 0 Å². The third-order valence-electron chi connectivity index (χ3n) is 4.82. The summed E-state index contributed by atoms with van der Waals surface area (Å²) in [5, 5.41) is 4.96. The van der Waals surface area contributed by atoms with Gasteiger partial charge in [0.25, 0.3) is 0 Å². The van der Waals surface area contributed by atoms with Gasteiger partial charge in [0, 0.05) is 31.1 Å². The number of nitrogens with zero attached hydrogens (tertiary/aromatic N) is 2. The lowest BCUT2D eigenvalue weighted by molar-refractivity contribution is 0.0505. The van der Waals surface area contributed by atoms with Crippen molar-refractivity contribution < 1.29 is 9.53 Å². The van der Waals surface area contributed by atoms with Gasteiger partial charge in [-0.2, -0.15) is 0 Å². The molecule has 2 heterocycles. The molecule has 0 bridgehead atoms. The Morgan fingerprint density at radius 2 is 1.96 bits per heavy atom. The maximum Gasteiger partial charge on any atom is 0.341 e. The Balaban J connectivity index is 1.78. The molecule has 1 aromatic rings.